The van der Waals surface area contributed by atoms with Crippen LogP contribution in [0, 0.1) is 6.92 Å². The SMILES string of the molecule is Cc1cc(NC(=O)C2CC(c3ccccc3)=NO2)n(C2CCS(=O)(=O)C2)n1. The van der Waals surface area contributed by atoms with Crippen LogP contribution in [0.5, 0.6) is 0 Å². The molecule has 1 aromatic carbocycles. The first-order valence-electron chi connectivity index (χ1n) is 8.77. The smallest absolute Gasteiger partial charge is 0.269 e. The van der Waals surface area contributed by atoms with E-state index in [1.807, 2.05) is 30.3 Å². The number of nitrogens with zero attached hydrogens (tertiary/aromatic N) is 3. The normalized spacial score (nSPS) is 23.7. The maximum atomic E-state index is 12.6. The molecule has 142 valence electrons. The van der Waals surface area contributed by atoms with E-state index in [4.69, 9.17) is 4.84 Å². The first kappa shape index (κ1) is 17.7. The van der Waals surface area contributed by atoms with Crippen LogP contribution in [0.25, 0.3) is 0 Å². The third kappa shape index (κ3) is 3.73. The number of hydrogen-bond donors (Lipinski definition) is 1. The molecule has 2 aliphatic rings. The number of amides is 1. The number of carbonyl (C=O) groups is 1. The number of hydrogen-bond acceptors (Lipinski definition) is 6. The van der Waals surface area contributed by atoms with Gasteiger partial charge in [0.15, 0.2) is 9.84 Å². The van der Waals surface area contributed by atoms with E-state index in [0.29, 0.717) is 24.4 Å². The van der Waals surface area contributed by atoms with Crippen molar-refractivity contribution in [2.45, 2.75) is 31.9 Å². The van der Waals surface area contributed by atoms with E-state index < -0.39 is 15.9 Å². The molecule has 1 saturated heterocycles. The molecule has 0 spiro atoms. The van der Waals surface area contributed by atoms with Gasteiger partial charge in [0.2, 0.25) is 6.10 Å². The van der Waals surface area contributed by atoms with E-state index in [-0.39, 0.29) is 23.5 Å². The Hall–Kier alpha value is -2.68. The lowest BCUT2D eigenvalue weighted by molar-refractivity contribution is -0.125. The lowest BCUT2D eigenvalue weighted by Gasteiger charge is -2.15. The Morgan fingerprint density at radius 3 is 2.78 bits per heavy atom. The number of aryl methyl sites for hydroxylation is 1. The molecule has 27 heavy (non-hydrogen) atoms. The number of oxime groups is 1. The minimum atomic E-state index is -3.05. The van der Waals surface area contributed by atoms with Crippen molar-refractivity contribution in [2.24, 2.45) is 5.16 Å². The third-order valence-electron chi connectivity index (χ3n) is 4.73. The number of sulfone groups is 1. The summed E-state index contributed by atoms with van der Waals surface area (Å²) in [7, 11) is -3.05. The molecule has 0 saturated carbocycles. The maximum Gasteiger partial charge on any atom is 0.269 e. The summed E-state index contributed by atoms with van der Waals surface area (Å²) >= 11 is 0. The molecule has 0 bridgehead atoms. The predicted molar refractivity (Wildman–Crippen MR) is 100 cm³/mol. The van der Waals surface area contributed by atoms with E-state index in [1.54, 1.807) is 17.7 Å². The second kappa shape index (κ2) is 6.80. The number of rotatable bonds is 4. The summed E-state index contributed by atoms with van der Waals surface area (Å²) in [6, 6.07) is 11.0. The molecule has 2 atom stereocenters. The fourth-order valence-electron chi connectivity index (χ4n) is 3.38. The summed E-state index contributed by atoms with van der Waals surface area (Å²) in [6.07, 6.45) is 0.144. The minimum Gasteiger partial charge on any atom is -0.382 e. The summed E-state index contributed by atoms with van der Waals surface area (Å²) in [5, 5.41) is 11.2. The van der Waals surface area contributed by atoms with Gasteiger partial charge >= 0.3 is 0 Å². The molecular weight excluding hydrogens is 368 g/mol. The zero-order valence-electron chi connectivity index (χ0n) is 14.8. The summed E-state index contributed by atoms with van der Waals surface area (Å²) in [5.41, 5.74) is 2.36. The Bertz CT molecular complexity index is 998. The highest BCUT2D eigenvalue weighted by Crippen LogP contribution is 2.27. The van der Waals surface area contributed by atoms with Crippen LogP contribution in [0.2, 0.25) is 0 Å². The standard InChI is InChI=1S/C18H20N4O4S/c1-12-9-17(22(20-12)14-7-8-27(24,25)11-14)19-18(23)16-10-15(21-26-16)13-5-3-2-4-6-13/h2-6,9,14,16H,7-8,10-11H2,1H3,(H,19,23). The van der Waals surface area contributed by atoms with Gasteiger partial charge in [0.1, 0.15) is 5.82 Å². The highest BCUT2D eigenvalue weighted by Gasteiger charge is 2.33. The van der Waals surface area contributed by atoms with Crippen molar-refractivity contribution in [3.8, 4) is 0 Å². The van der Waals surface area contributed by atoms with E-state index in [1.165, 1.54) is 0 Å². The number of nitrogens with one attached hydrogen (secondary N) is 1. The molecule has 0 radical (unpaired) electrons. The van der Waals surface area contributed by atoms with Gasteiger partial charge in [-0.25, -0.2) is 13.1 Å². The lowest BCUT2D eigenvalue weighted by atomic mass is 10.0. The number of aromatic nitrogens is 2. The number of benzene rings is 1. The van der Waals surface area contributed by atoms with Crippen molar-refractivity contribution in [1.29, 1.82) is 0 Å². The quantitative estimate of drug-likeness (QED) is 0.858. The van der Waals surface area contributed by atoms with Gasteiger partial charge in [0.05, 0.1) is 29.0 Å². The molecule has 9 heteroatoms. The Kier molecular flexibility index (Phi) is 4.47. The molecule has 0 aliphatic carbocycles. The van der Waals surface area contributed by atoms with E-state index in [2.05, 4.69) is 15.6 Å². The van der Waals surface area contributed by atoms with Gasteiger partial charge in [0, 0.05) is 12.5 Å². The van der Waals surface area contributed by atoms with Crippen molar-refractivity contribution in [3.05, 3.63) is 47.7 Å². The van der Waals surface area contributed by atoms with Crippen LogP contribution in [-0.4, -0.2) is 47.4 Å². The van der Waals surface area contributed by atoms with E-state index in [9.17, 15) is 13.2 Å². The first-order chi connectivity index (χ1) is 12.9. The molecule has 2 unspecified atom stereocenters. The largest absolute Gasteiger partial charge is 0.382 e. The molecular formula is C18H20N4O4S. The summed E-state index contributed by atoms with van der Waals surface area (Å²) in [5.74, 6) is 0.338. The molecule has 1 aromatic heterocycles. The molecule has 8 nitrogen and oxygen atoms in total. The lowest BCUT2D eigenvalue weighted by Crippen LogP contribution is -2.29. The van der Waals surface area contributed by atoms with Crippen LogP contribution in [-0.2, 0) is 19.5 Å². The van der Waals surface area contributed by atoms with Gasteiger partial charge in [-0.05, 0) is 18.9 Å². The summed E-state index contributed by atoms with van der Waals surface area (Å²) < 4.78 is 25.1. The van der Waals surface area contributed by atoms with Gasteiger partial charge in [-0.15, -0.1) is 0 Å². The number of carbonyl (C=O) groups excluding carboxylic acids is 1. The van der Waals surface area contributed by atoms with Crippen LogP contribution in [0.15, 0.2) is 41.6 Å². The number of anilines is 1. The Morgan fingerprint density at radius 1 is 1.30 bits per heavy atom. The van der Waals surface area contributed by atoms with Gasteiger partial charge in [-0.2, -0.15) is 5.10 Å². The van der Waals surface area contributed by atoms with Crippen LogP contribution in [0.1, 0.15) is 30.1 Å². The second-order valence-electron chi connectivity index (χ2n) is 6.86. The van der Waals surface area contributed by atoms with Crippen molar-refractivity contribution in [1.82, 2.24) is 9.78 Å². The first-order valence-corrected chi connectivity index (χ1v) is 10.6. The van der Waals surface area contributed by atoms with Crippen molar-refractivity contribution < 1.29 is 18.0 Å². The second-order valence-corrected chi connectivity index (χ2v) is 9.09. The maximum absolute atomic E-state index is 12.6. The zero-order valence-corrected chi connectivity index (χ0v) is 15.6. The molecule has 3 heterocycles. The Labute approximate surface area is 157 Å². The zero-order chi connectivity index (χ0) is 19.0. The van der Waals surface area contributed by atoms with Gasteiger partial charge in [-0.1, -0.05) is 35.5 Å². The van der Waals surface area contributed by atoms with Crippen LogP contribution in [0.3, 0.4) is 0 Å². The fraction of sp³-hybridized carbons (Fsp3) is 0.389. The Balaban J connectivity index is 1.45. The van der Waals surface area contributed by atoms with Crippen LogP contribution >= 0.6 is 0 Å². The fourth-order valence-corrected chi connectivity index (χ4v) is 5.07. The third-order valence-corrected chi connectivity index (χ3v) is 6.48. The van der Waals surface area contributed by atoms with E-state index in [0.717, 1.165) is 11.3 Å². The molecule has 2 aromatic rings. The van der Waals surface area contributed by atoms with Crippen LogP contribution in [0.4, 0.5) is 5.82 Å². The van der Waals surface area contributed by atoms with E-state index >= 15 is 0 Å². The molecule has 2 aliphatic heterocycles. The average molecular weight is 388 g/mol. The average Bonchev–Trinajstić information content (AvgIpc) is 3.34. The molecule has 1 fully saturated rings. The predicted octanol–water partition coefficient (Wildman–Crippen LogP) is 1.68. The molecule has 1 amide bonds. The van der Waals surface area contributed by atoms with Crippen LogP contribution < -0.4 is 5.32 Å². The highest BCUT2D eigenvalue weighted by atomic mass is 32.2. The van der Waals surface area contributed by atoms with Gasteiger partial charge in [0.25, 0.3) is 5.91 Å². The monoisotopic (exact) mass is 388 g/mol. The van der Waals surface area contributed by atoms with Gasteiger partial charge in [-0.3, -0.25) is 4.79 Å². The topological polar surface area (TPSA) is 103 Å². The molecule has 1 N–H and O–H groups in total. The highest BCUT2D eigenvalue weighted by molar-refractivity contribution is 7.91. The summed E-state index contributed by atoms with van der Waals surface area (Å²) in [4.78, 5) is 17.9. The Morgan fingerprint density at radius 2 is 2.07 bits per heavy atom. The minimum absolute atomic E-state index is 0.0399. The van der Waals surface area contributed by atoms with Crippen molar-refractivity contribution in [3.63, 3.8) is 0 Å². The molecule has 4 rings (SSSR count). The summed E-state index contributed by atoms with van der Waals surface area (Å²) in [6.45, 7) is 1.80. The van der Waals surface area contributed by atoms with Crippen molar-refractivity contribution >= 4 is 27.3 Å². The van der Waals surface area contributed by atoms with Crippen molar-refractivity contribution in [2.75, 3.05) is 16.8 Å². The van der Waals surface area contributed by atoms with Gasteiger partial charge < -0.3 is 10.2 Å².